The van der Waals surface area contributed by atoms with Gasteiger partial charge in [0.15, 0.2) is 18.1 Å². The van der Waals surface area contributed by atoms with Crippen molar-refractivity contribution in [2.24, 2.45) is 0 Å². The Morgan fingerprint density at radius 2 is 1.69 bits per heavy atom. The van der Waals surface area contributed by atoms with Crippen LogP contribution in [0.3, 0.4) is 0 Å². The molecule has 0 spiro atoms. The molecule has 0 fully saturated rings. The lowest BCUT2D eigenvalue weighted by Gasteiger charge is -2.09. The molecule has 0 aliphatic carbocycles. The number of nitrogens with one attached hydrogen (secondary N) is 1. The van der Waals surface area contributed by atoms with E-state index in [1.807, 2.05) is 45.0 Å². The van der Waals surface area contributed by atoms with E-state index in [1.165, 1.54) is 18.4 Å². The van der Waals surface area contributed by atoms with E-state index in [9.17, 15) is 14.4 Å². The quantitative estimate of drug-likeness (QED) is 0.479. The van der Waals surface area contributed by atoms with Crippen LogP contribution < -0.4 is 14.8 Å². The number of amides is 1. The number of rotatable bonds is 7. The Bertz CT molecular complexity index is 1290. The number of methoxy groups -OCH3 is 1. The highest BCUT2D eigenvalue weighted by molar-refractivity contribution is 7.16. The first-order valence-corrected chi connectivity index (χ1v) is 11.7. The normalized spacial score (nSPS) is 11.8. The molecule has 1 aromatic heterocycles. The highest BCUT2D eigenvalue weighted by Gasteiger charge is 2.25. The number of ether oxygens (including phenoxy) is 4. The van der Waals surface area contributed by atoms with Crippen molar-refractivity contribution in [3.63, 3.8) is 0 Å². The van der Waals surface area contributed by atoms with E-state index in [-0.39, 0.29) is 12.4 Å². The van der Waals surface area contributed by atoms with Gasteiger partial charge in [0, 0.05) is 4.88 Å². The molecule has 2 aromatic carbocycles. The SMILES string of the molecule is COC(=O)c1c(NC(=O)COC(=O)c2cc(C)cc(C)c2)sc(C)c1Cc1ccc2c(c1)OCO2. The first kappa shape index (κ1) is 24.3. The largest absolute Gasteiger partial charge is 0.465 e. The smallest absolute Gasteiger partial charge is 0.341 e. The molecule has 0 saturated carbocycles. The molecule has 0 unspecified atom stereocenters. The number of thiophene rings is 1. The third-order valence-corrected chi connectivity index (χ3v) is 6.52. The molecule has 182 valence electrons. The summed E-state index contributed by atoms with van der Waals surface area (Å²) >= 11 is 1.26. The standard InChI is InChI=1S/C26H25NO7S/c1-14-7-15(2)9-18(8-14)25(29)32-12-22(28)27-24-23(26(30)31-4)19(16(3)35-24)10-17-5-6-20-21(11-17)34-13-33-20/h5-9,11H,10,12-13H2,1-4H3,(H,27,28). The molecule has 9 heteroatoms. The third kappa shape index (κ3) is 5.46. The van der Waals surface area contributed by atoms with Crippen LogP contribution in [0.25, 0.3) is 0 Å². The van der Waals surface area contributed by atoms with E-state index >= 15 is 0 Å². The monoisotopic (exact) mass is 495 g/mol. The second-order valence-corrected chi connectivity index (χ2v) is 9.42. The minimum atomic E-state index is -0.592. The Labute approximate surface area is 206 Å². The highest BCUT2D eigenvalue weighted by atomic mass is 32.1. The van der Waals surface area contributed by atoms with Gasteiger partial charge in [0.25, 0.3) is 5.91 Å². The second kappa shape index (κ2) is 10.2. The minimum absolute atomic E-state index is 0.175. The number of carbonyl (C=O) groups excluding carboxylic acids is 3. The van der Waals surface area contributed by atoms with Gasteiger partial charge in [-0.25, -0.2) is 9.59 Å². The minimum Gasteiger partial charge on any atom is -0.465 e. The summed E-state index contributed by atoms with van der Waals surface area (Å²) in [6.45, 7) is 5.32. The second-order valence-electron chi connectivity index (χ2n) is 8.20. The number of aryl methyl sites for hydroxylation is 3. The van der Waals surface area contributed by atoms with Gasteiger partial charge >= 0.3 is 11.9 Å². The maximum atomic E-state index is 12.6. The van der Waals surface area contributed by atoms with Crippen LogP contribution in [-0.4, -0.2) is 38.4 Å². The number of anilines is 1. The first-order chi connectivity index (χ1) is 16.7. The van der Waals surface area contributed by atoms with Gasteiger partial charge < -0.3 is 24.3 Å². The van der Waals surface area contributed by atoms with Crippen molar-refractivity contribution in [1.29, 1.82) is 0 Å². The van der Waals surface area contributed by atoms with Crippen LogP contribution in [0.1, 0.15) is 47.8 Å². The maximum Gasteiger partial charge on any atom is 0.341 e. The average molecular weight is 496 g/mol. The molecule has 8 nitrogen and oxygen atoms in total. The van der Waals surface area contributed by atoms with Gasteiger partial charge in [-0.2, -0.15) is 0 Å². The maximum absolute atomic E-state index is 12.6. The number of hydrogen-bond donors (Lipinski definition) is 1. The van der Waals surface area contributed by atoms with Crippen molar-refractivity contribution >= 4 is 34.2 Å². The van der Waals surface area contributed by atoms with Crippen LogP contribution in [0.2, 0.25) is 0 Å². The summed E-state index contributed by atoms with van der Waals surface area (Å²) in [7, 11) is 1.29. The number of hydrogen-bond acceptors (Lipinski definition) is 8. The molecular formula is C26H25NO7S. The molecular weight excluding hydrogens is 470 g/mol. The summed E-state index contributed by atoms with van der Waals surface area (Å²) in [6.07, 6.45) is 0.432. The number of carbonyl (C=O) groups is 3. The lowest BCUT2D eigenvalue weighted by molar-refractivity contribution is -0.119. The lowest BCUT2D eigenvalue weighted by Crippen LogP contribution is -2.22. The van der Waals surface area contributed by atoms with E-state index in [1.54, 1.807) is 12.1 Å². The predicted molar refractivity (Wildman–Crippen MR) is 131 cm³/mol. The third-order valence-electron chi connectivity index (χ3n) is 5.46. The zero-order valence-electron chi connectivity index (χ0n) is 19.9. The van der Waals surface area contributed by atoms with Crippen LogP contribution in [0.4, 0.5) is 5.00 Å². The number of esters is 2. The van der Waals surface area contributed by atoms with Gasteiger partial charge in [-0.1, -0.05) is 23.3 Å². The molecule has 2 heterocycles. The van der Waals surface area contributed by atoms with E-state index in [2.05, 4.69) is 5.32 Å². The summed E-state index contributed by atoms with van der Waals surface area (Å²) in [6, 6.07) is 10.9. The zero-order chi connectivity index (χ0) is 25.1. The number of fused-ring (bicyclic) bond motifs is 1. The molecule has 1 amide bonds. The van der Waals surface area contributed by atoms with Crippen molar-refractivity contribution in [2.45, 2.75) is 27.2 Å². The topological polar surface area (TPSA) is 100 Å². The Balaban J connectivity index is 1.49. The molecule has 1 N–H and O–H groups in total. The van der Waals surface area contributed by atoms with Crippen molar-refractivity contribution in [2.75, 3.05) is 25.8 Å². The Morgan fingerprint density at radius 1 is 0.971 bits per heavy atom. The molecule has 0 radical (unpaired) electrons. The van der Waals surface area contributed by atoms with Gasteiger partial charge in [0.1, 0.15) is 5.00 Å². The van der Waals surface area contributed by atoms with Gasteiger partial charge in [-0.15, -0.1) is 11.3 Å². The molecule has 3 aromatic rings. The van der Waals surface area contributed by atoms with Crippen LogP contribution in [-0.2, 0) is 20.7 Å². The predicted octanol–water partition coefficient (Wildman–Crippen LogP) is 4.57. The Kier molecular flexibility index (Phi) is 7.07. The zero-order valence-corrected chi connectivity index (χ0v) is 20.7. The summed E-state index contributed by atoms with van der Waals surface area (Å²) < 4.78 is 21.0. The molecule has 0 bridgehead atoms. The molecule has 1 aliphatic heterocycles. The van der Waals surface area contributed by atoms with Gasteiger partial charge in [-0.3, -0.25) is 4.79 Å². The summed E-state index contributed by atoms with van der Waals surface area (Å²) in [4.78, 5) is 38.5. The fraction of sp³-hybridized carbons (Fsp3) is 0.269. The van der Waals surface area contributed by atoms with Crippen LogP contribution in [0.15, 0.2) is 36.4 Å². The average Bonchev–Trinajstić information content (AvgIpc) is 3.40. The molecule has 1 aliphatic rings. The summed E-state index contributed by atoms with van der Waals surface area (Å²) in [5.74, 6) is -0.385. The van der Waals surface area contributed by atoms with Crippen molar-refractivity contribution in [3.8, 4) is 11.5 Å². The highest BCUT2D eigenvalue weighted by Crippen LogP contribution is 2.37. The molecule has 0 atom stereocenters. The Morgan fingerprint density at radius 3 is 2.40 bits per heavy atom. The van der Waals surface area contributed by atoms with E-state index in [0.29, 0.717) is 28.5 Å². The summed E-state index contributed by atoms with van der Waals surface area (Å²) in [5, 5.41) is 3.05. The Hall–Kier alpha value is -3.85. The van der Waals surface area contributed by atoms with Crippen LogP contribution >= 0.6 is 11.3 Å². The number of benzene rings is 2. The van der Waals surface area contributed by atoms with E-state index in [4.69, 9.17) is 18.9 Å². The molecule has 4 rings (SSSR count). The van der Waals surface area contributed by atoms with Crippen molar-refractivity contribution in [3.05, 3.63) is 74.7 Å². The summed E-state index contributed by atoms with van der Waals surface area (Å²) in [5.41, 5.74) is 4.16. The van der Waals surface area contributed by atoms with Crippen molar-refractivity contribution < 1.29 is 33.3 Å². The lowest BCUT2D eigenvalue weighted by atomic mass is 10.0. The van der Waals surface area contributed by atoms with Crippen LogP contribution in [0, 0.1) is 20.8 Å². The van der Waals surface area contributed by atoms with Gasteiger partial charge in [-0.05, 0) is 62.6 Å². The fourth-order valence-electron chi connectivity index (χ4n) is 3.92. The van der Waals surface area contributed by atoms with Crippen LogP contribution in [0.5, 0.6) is 11.5 Å². The molecule has 0 saturated heterocycles. The fourth-order valence-corrected chi connectivity index (χ4v) is 5.00. The first-order valence-electron chi connectivity index (χ1n) is 10.9. The molecule has 35 heavy (non-hydrogen) atoms. The van der Waals surface area contributed by atoms with E-state index < -0.39 is 24.5 Å². The van der Waals surface area contributed by atoms with Gasteiger partial charge in [0.2, 0.25) is 6.79 Å². The van der Waals surface area contributed by atoms with Crippen molar-refractivity contribution in [1.82, 2.24) is 0 Å². The van der Waals surface area contributed by atoms with E-state index in [0.717, 1.165) is 27.1 Å². The van der Waals surface area contributed by atoms with Gasteiger partial charge in [0.05, 0.1) is 18.2 Å².